The fourth-order valence-corrected chi connectivity index (χ4v) is 0.538. The summed E-state index contributed by atoms with van der Waals surface area (Å²) in [5, 5.41) is 15.4. The maximum atomic E-state index is 9.43. The first kappa shape index (κ1) is 19.2. The normalized spacial score (nSPS) is 7.86. The fraction of sp³-hybridized carbons (Fsp3) is 0.667. The second-order valence-electron chi connectivity index (χ2n) is 2.51. The molecule has 0 saturated heterocycles. The Bertz CT molecular complexity index is 132. The summed E-state index contributed by atoms with van der Waals surface area (Å²) in [6.07, 6.45) is 5.38. The second kappa shape index (κ2) is 15.0. The van der Waals surface area contributed by atoms with Gasteiger partial charge in [-0.3, -0.25) is 9.59 Å². The van der Waals surface area contributed by atoms with E-state index in [1.165, 1.54) is 19.3 Å². The van der Waals surface area contributed by atoms with Crippen molar-refractivity contribution in [3.8, 4) is 0 Å². The number of carboxylic acid groups (broad SMARTS) is 2. The summed E-state index contributed by atoms with van der Waals surface area (Å²) >= 11 is 0. The maximum Gasteiger partial charge on any atom is 1.00 e. The molecule has 0 aliphatic heterocycles. The van der Waals surface area contributed by atoms with E-state index < -0.39 is 18.4 Å². The van der Waals surface area contributed by atoms with Gasteiger partial charge in [-0.1, -0.05) is 19.8 Å². The number of carboxylic acids is 2. The Hall–Kier alpha value is -0.463. The van der Waals surface area contributed by atoms with Crippen molar-refractivity contribution in [1.29, 1.82) is 0 Å². The number of rotatable bonds is 5. The molecule has 0 amide bonds. The first-order valence-electron chi connectivity index (χ1n) is 4.26. The summed E-state index contributed by atoms with van der Waals surface area (Å²) in [5.41, 5.74) is 0. The van der Waals surface area contributed by atoms with Gasteiger partial charge >= 0.3 is 30.8 Å². The Balaban J connectivity index is -0.000000163. The van der Waals surface area contributed by atoms with Gasteiger partial charge in [-0.2, -0.15) is 13.3 Å². The van der Waals surface area contributed by atoms with Crippen molar-refractivity contribution in [2.24, 2.45) is 0 Å². The number of hydrogen-bond donors (Lipinski definition) is 2. The monoisotopic (exact) mass is 196 g/mol. The molecule has 78 valence electrons. The summed E-state index contributed by atoms with van der Waals surface area (Å²) in [6.45, 7) is 4.32. The summed E-state index contributed by atoms with van der Waals surface area (Å²) in [6, 6.07) is 0. The number of unbranched alkanes of at least 4 members (excludes halogenated alkanes) is 3. The van der Waals surface area contributed by atoms with E-state index in [2.05, 4.69) is 20.3 Å². The van der Waals surface area contributed by atoms with Gasteiger partial charge in [-0.25, -0.2) is 0 Å². The van der Waals surface area contributed by atoms with Crippen molar-refractivity contribution in [3.05, 3.63) is 6.42 Å². The molecule has 14 heavy (non-hydrogen) atoms. The van der Waals surface area contributed by atoms with Crippen LogP contribution in [0.5, 0.6) is 0 Å². The molecule has 0 saturated carbocycles. The Morgan fingerprint density at radius 2 is 1.64 bits per heavy atom. The zero-order valence-corrected chi connectivity index (χ0v) is 9.12. The molecule has 0 aliphatic carbocycles. The minimum absolute atomic E-state index is 0. The molecule has 0 radical (unpaired) electrons. The third-order valence-electron chi connectivity index (χ3n) is 1.15. The van der Waals surface area contributed by atoms with E-state index in [0.717, 1.165) is 0 Å². The number of aliphatic carboxylic acids is 2. The second-order valence-corrected chi connectivity index (χ2v) is 2.51. The largest absolute Gasteiger partial charge is 1.00 e. The molecule has 2 N–H and O–H groups in total. The van der Waals surface area contributed by atoms with E-state index in [0.29, 0.717) is 0 Å². The van der Waals surface area contributed by atoms with Crippen molar-refractivity contribution < 1.29 is 38.7 Å². The Morgan fingerprint density at radius 1 is 1.21 bits per heavy atom. The maximum absolute atomic E-state index is 9.43. The molecule has 5 heteroatoms. The molecule has 0 spiro atoms. The topological polar surface area (TPSA) is 74.6 Å². The van der Waals surface area contributed by atoms with Crippen LogP contribution in [0.3, 0.4) is 0 Å². The Labute approximate surface area is 96.9 Å². The quantitative estimate of drug-likeness (QED) is 0.255. The van der Waals surface area contributed by atoms with Crippen molar-refractivity contribution in [1.82, 2.24) is 0 Å². The molecule has 0 aliphatic rings. The smallest absolute Gasteiger partial charge is 0.481 e. The van der Waals surface area contributed by atoms with Gasteiger partial charge in [0, 0.05) is 0 Å². The molecule has 0 fully saturated rings. The van der Waals surface area contributed by atoms with Crippen molar-refractivity contribution in [3.63, 3.8) is 0 Å². The van der Waals surface area contributed by atoms with E-state index in [4.69, 9.17) is 10.2 Å². The van der Waals surface area contributed by atoms with Crippen LogP contribution >= 0.6 is 0 Å². The van der Waals surface area contributed by atoms with E-state index in [1.54, 1.807) is 0 Å². The van der Waals surface area contributed by atoms with Crippen LogP contribution in [0.2, 0.25) is 0 Å². The molecule has 0 rings (SSSR count). The van der Waals surface area contributed by atoms with Gasteiger partial charge in [0.15, 0.2) is 0 Å². The third kappa shape index (κ3) is 30.0. The molecule has 0 atom stereocenters. The third-order valence-corrected chi connectivity index (χ3v) is 1.15. The van der Waals surface area contributed by atoms with E-state index in [-0.39, 0.29) is 18.9 Å². The van der Waals surface area contributed by atoms with Gasteiger partial charge in [-0.05, 0) is 0 Å². The van der Waals surface area contributed by atoms with Crippen LogP contribution < -0.4 is 18.9 Å². The van der Waals surface area contributed by atoms with Gasteiger partial charge in [0.1, 0.15) is 6.42 Å². The molecule has 0 heterocycles. The SMILES string of the molecule is C[CH-]CCCC.O=C(O)CC(=O)O.[Li+]. The number of hydrogen-bond acceptors (Lipinski definition) is 2. The summed E-state index contributed by atoms with van der Waals surface area (Å²) in [7, 11) is 0. The first-order valence-corrected chi connectivity index (χ1v) is 4.26. The molecular formula is C9H17LiO4. The minimum atomic E-state index is -1.31. The predicted octanol–water partition coefficient (Wildman–Crippen LogP) is -1.05. The van der Waals surface area contributed by atoms with Crippen LogP contribution in [-0.4, -0.2) is 22.2 Å². The molecule has 0 bridgehead atoms. The molecule has 0 aromatic rings. The summed E-state index contributed by atoms with van der Waals surface area (Å²) in [4.78, 5) is 18.9. The molecule has 0 aromatic carbocycles. The molecule has 0 aromatic heterocycles. The van der Waals surface area contributed by atoms with Crippen LogP contribution in [0, 0.1) is 6.42 Å². The van der Waals surface area contributed by atoms with Crippen molar-refractivity contribution in [2.45, 2.75) is 39.5 Å². The zero-order chi connectivity index (χ0) is 10.7. The average Bonchev–Trinajstić information content (AvgIpc) is 1.99. The van der Waals surface area contributed by atoms with Gasteiger partial charge < -0.3 is 16.6 Å². The summed E-state index contributed by atoms with van der Waals surface area (Å²) < 4.78 is 0. The average molecular weight is 196 g/mol. The van der Waals surface area contributed by atoms with Crippen LogP contribution in [0.1, 0.15) is 39.5 Å². The molecule has 4 nitrogen and oxygen atoms in total. The van der Waals surface area contributed by atoms with E-state index >= 15 is 0 Å². The molecular weight excluding hydrogens is 179 g/mol. The van der Waals surface area contributed by atoms with Gasteiger partial charge in [-0.15, -0.1) is 0 Å². The van der Waals surface area contributed by atoms with E-state index in [9.17, 15) is 9.59 Å². The fourth-order valence-electron chi connectivity index (χ4n) is 0.538. The van der Waals surface area contributed by atoms with E-state index in [1.807, 2.05) is 0 Å². The zero-order valence-electron chi connectivity index (χ0n) is 9.12. The van der Waals surface area contributed by atoms with Crippen LogP contribution in [0.4, 0.5) is 0 Å². The van der Waals surface area contributed by atoms with Gasteiger partial charge in [0.05, 0.1) is 0 Å². The molecule has 0 unspecified atom stereocenters. The minimum Gasteiger partial charge on any atom is -0.481 e. The first-order chi connectivity index (χ1) is 6.04. The van der Waals surface area contributed by atoms with Gasteiger partial charge in [0.25, 0.3) is 0 Å². The Kier molecular flexibility index (Phi) is 20.6. The van der Waals surface area contributed by atoms with Crippen molar-refractivity contribution >= 4 is 11.9 Å². The predicted molar refractivity (Wildman–Crippen MR) is 49.4 cm³/mol. The number of carbonyl (C=O) groups is 2. The van der Waals surface area contributed by atoms with Crippen molar-refractivity contribution in [2.75, 3.05) is 0 Å². The van der Waals surface area contributed by atoms with Crippen LogP contribution in [0.15, 0.2) is 0 Å². The van der Waals surface area contributed by atoms with Crippen LogP contribution in [0.25, 0.3) is 0 Å². The van der Waals surface area contributed by atoms with Gasteiger partial charge in [0.2, 0.25) is 0 Å². The Morgan fingerprint density at radius 3 is 1.71 bits per heavy atom. The summed E-state index contributed by atoms with van der Waals surface area (Å²) in [5.74, 6) is -2.62. The van der Waals surface area contributed by atoms with Crippen LogP contribution in [-0.2, 0) is 9.59 Å². The standard InChI is InChI=1S/C6H13.C3H4O4.Li/c1-3-5-6-4-2;4-2(5)1-3(6)7;/h3H,4-6H2,1-2H3;1H2,(H,4,5)(H,6,7);/q-1;;+1.